The first-order valence-electron chi connectivity index (χ1n) is 6.77. The molecule has 1 aliphatic heterocycles. The zero-order valence-electron chi connectivity index (χ0n) is 11.7. The van der Waals surface area contributed by atoms with Gasteiger partial charge in [-0.1, -0.05) is 29.8 Å². The van der Waals surface area contributed by atoms with Gasteiger partial charge in [-0.2, -0.15) is 0 Å². The van der Waals surface area contributed by atoms with Gasteiger partial charge >= 0.3 is 0 Å². The number of hydrogen-bond acceptors (Lipinski definition) is 5. The molecule has 0 radical (unpaired) electrons. The molecule has 22 heavy (non-hydrogen) atoms. The average Bonchev–Trinajstić information content (AvgIpc) is 3.01. The van der Waals surface area contributed by atoms with Crippen LogP contribution in [0.1, 0.15) is 16.7 Å². The number of benzene rings is 2. The average molecular weight is 312 g/mol. The molecule has 0 bridgehead atoms. The maximum atomic E-state index is 12.9. The summed E-state index contributed by atoms with van der Waals surface area (Å²) in [5.41, 5.74) is 3.36. The maximum Gasteiger partial charge on any atom is 0.207 e. The molecule has 4 rings (SSSR count). The summed E-state index contributed by atoms with van der Waals surface area (Å²) in [5.74, 6) is 0.452. The van der Waals surface area contributed by atoms with Crippen LogP contribution in [0.15, 0.2) is 46.2 Å². The summed E-state index contributed by atoms with van der Waals surface area (Å²) in [4.78, 5) is 0.719. The molecule has 0 saturated heterocycles. The highest BCUT2D eigenvalue weighted by atomic mass is 32.2. The topological polar surface area (TPSA) is 88.6 Å². The molecule has 0 saturated carbocycles. The molecule has 110 valence electrons. The Balaban J connectivity index is 1.94. The van der Waals surface area contributed by atoms with E-state index >= 15 is 0 Å². The van der Waals surface area contributed by atoms with Crippen molar-refractivity contribution < 1.29 is 8.42 Å². The Morgan fingerprint density at radius 3 is 2.68 bits per heavy atom. The van der Waals surface area contributed by atoms with E-state index in [2.05, 4.69) is 20.6 Å². The summed E-state index contributed by atoms with van der Waals surface area (Å²) < 4.78 is 25.7. The van der Waals surface area contributed by atoms with E-state index in [1.165, 1.54) is 0 Å². The summed E-state index contributed by atoms with van der Waals surface area (Å²) in [6, 6.07) is 10.7. The fraction of sp³-hybridized carbons (Fsp3) is 0.133. The van der Waals surface area contributed by atoms with Crippen molar-refractivity contribution in [1.82, 2.24) is 20.6 Å². The summed E-state index contributed by atoms with van der Waals surface area (Å²) in [6.07, 6.45) is 0.612. The van der Waals surface area contributed by atoms with Crippen LogP contribution in [0.4, 0.5) is 0 Å². The monoisotopic (exact) mass is 312 g/mol. The van der Waals surface area contributed by atoms with E-state index in [0.717, 1.165) is 16.7 Å². The number of sulfone groups is 1. The van der Waals surface area contributed by atoms with Gasteiger partial charge in [0.25, 0.3) is 0 Å². The zero-order chi connectivity index (χ0) is 15.3. The molecule has 2 heterocycles. The number of nitrogens with one attached hydrogen (secondary N) is 1. The minimum atomic E-state index is -3.51. The molecule has 0 fully saturated rings. The van der Waals surface area contributed by atoms with Crippen LogP contribution in [0.2, 0.25) is 0 Å². The highest BCUT2D eigenvalue weighted by Gasteiger charge is 2.29. The van der Waals surface area contributed by atoms with E-state index in [-0.39, 0.29) is 0 Å². The molecule has 0 atom stereocenters. The number of aromatic amines is 1. The molecular weight excluding hydrogens is 300 g/mol. The van der Waals surface area contributed by atoms with Crippen molar-refractivity contribution in [3.8, 4) is 11.4 Å². The van der Waals surface area contributed by atoms with Gasteiger partial charge in [-0.05, 0) is 40.6 Å². The third kappa shape index (κ3) is 1.86. The highest BCUT2D eigenvalue weighted by Crippen LogP contribution is 2.36. The number of tetrazole rings is 1. The van der Waals surface area contributed by atoms with Gasteiger partial charge < -0.3 is 0 Å². The van der Waals surface area contributed by atoms with Crippen molar-refractivity contribution in [2.75, 3.05) is 0 Å². The summed E-state index contributed by atoms with van der Waals surface area (Å²) >= 11 is 0. The third-order valence-electron chi connectivity index (χ3n) is 3.86. The van der Waals surface area contributed by atoms with Crippen LogP contribution in [-0.4, -0.2) is 29.0 Å². The summed E-state index contributed by atoms with van der Waals surface area (Å²) in [6.45, 7) is 1.96. The number of aromatic nitrogens is 4. The minimum absolute atomic E-state index is 0.331. The van der Waals surface area contributed by atoms with Crippen molar-refractivity contribution in [3.63, 3.8) is 0 Å². The second-order valence-corrected chi connectivity index (χ2v) is 7.25. The van der Waals surface area contributed by atoms with Crippen LogP contribution in [0.25, 0.3) is 11.4 Å². The van der Waals surface area contributed by atoms with Gasteiger partial charge in [-0.3, -0.25) is 0 Å². The Labute approximate surface area is 127 Å². The molecule has 6 nitrogen and oxygen atoms in total. The van der Waals surface area contributed by atoms with Crippen LogP contribution < -0.4 is 0 Å². The minimum Gasteiger partial charge on any atom is -0.239 e. The predicted octanol–water partition coefficient (Wildman–Crippen LogP) is 1.91. The van der Waals surface area contributed by atoms with E-state index < -0.39 is 9.84 Å². The van der Waals surface area contributed by atoms with Gasteiger partial charge in [0.2, 0.25) is 9.84 Å². The molecule has 1 N–H and O–H groups in total. The molecule has 0 aliphatic carbocycles. The molecule has 2 aromatic carbocycles. The lowest BCUT2D eigenvalue weighted by Crippen LogP contribution is -2.15. The SMILES string of the molecule is Cc1ccc2c(c1)Cc1ccc(-c3nnn[nH]3)cc1S2(=O)=O. The van der Waals surface area contributed by atoms with Crippen molar-refractivity contribution in [1.29, 1.82) is 0 Å². The lowest BCUT2D eigenvalue weighted by Gasteiger charge is -2.20. The molecule has 0 amide bonds. The molecule has 0 unspecified atom stereocenters. The number of fused-ring (bicyclic) bond motifs is 2. The second-order valence-electron chi connectivity index (χ2n) is 5.36. The van der Waals surface area contributed by atoms with E-state index in [9.17, 15) is 8.42 Å². The van der Waals surface area contributed by atoms with Crippen molar-refractivity contribution >= 4 is 9.84 Å². The second kappa shape index (κ2) is 4.48. The fourth-order valence-electron chi connectivity index (χ4n) is 2.81. The van der Waals surface area contributed by atoms with E-state index in [1.54, 1.807) is 12.1 Å². The molecule has 1 aliphatic rings. The highest BCUT2D eigenvalue weighted by molar-refractivity contribution is 7.91. The van der Waals surface area contributed by atoms with E-state index in [0.29, 0.717) is 27.6 Å². The maximum absolute atomic E-state index is 12.9. The Hall–Kier alpha value is -2.54. The van der Waals surface area contributed by atoms with Crippen LogP contribution in [-0.2, 0) is 16.3 Å². The quantitative estimate of drug-likeness (QED) is 0.580. The van der Waals surface area contributed by atoms with Gasteiger partial charge in [-0.25, -0.2) is 13.5 Å². The first kappa shape index (κ1) is 13.1. The van der Waals surface area contributed by atoms with Gasteiger partial charge in [0.1, 0.15) is 0 Å². The Morgan fingerprint density at radius 2 is 1.91 bits per heavy atom. The lowest BCUT2D eigenvalue weighted by atomic mass is 10.0. The standard InChI is InChI=1S/C15H12N4O2S/c1-9-2-5-13-12(6-9)7-10-3-4-11(15-16-18-19-17-15)8-14(10)22(13,20)21/h2-6,8H,7H2,1H3,(H,16,17,18,19). The van der Waals surface area contributed by atoms with Crippen molar-refractivity contribution in [3.05, 3.63) is 53.1 Å². The van der Waals surface area contributed by atoms with Crippen molar-refractivity contribution in [2.24, 2.45) is 0 Å². The molecule has 0 spiro atoms. The third-order valence-corrected chi connectivity index (χ3v) is 5.80. The van der Waals surface area contributed by atoms with Crippen LogP contribution >= 0.6 is 0 Å². The Bertz CT molecular complexity index is 979. The van der Waals surface area contributed by atoms with Gasteiger partial charge in [0.15, 0.2) is 5.82 Å². The van der Waals surface area contributed by atoms with Gasteiger partial charge in [-0.15, -0.1) is 5.10 Å². The number of rotatable bonds is 1. The van der Waals surface area contributed by atoms with E-state index in [4.69, 9.17) is 0 Å². The van der Waals surface area contributed by atoms with Gasteiger partial charge in [0.05, 0.1) is 9.79 Å². The van der Waals surface area contributed by atoms with Crippen molar-refractivity contribution in [2.45, 2.75) is 23.1 Å². The van der Waals surface area contributed by atoms with Crippen LogP contribution in [0.3, 0.4) is 0 Å². The van der Waals surface area contributed by atoms with E-state index in [1.807, 2.05) is 31.2 Å². The molecular formula is C15H12N4O2S. The predicted molar refractivity (Wildman–Crippen MR) is 79.1 cm³/mol. The number of nitrogens with zero attached hydrogens (tertiary/aromatic N) is 3. The number of hydrogen-bond donors (Lipinski definition) is 1. The zero-order valence-corrected chi connectivity index (χ0v) is 12.6. The van der Waals surface area contributed by atoms with Crippen LogP contribution in [0.5, 0.6) is 0 Å². The molecule has 1 aromatic heterocycles. The summed E-state index contributed by atoms with van der Waals surface area (Å²) in [5, 5.41) is 13.5. The Kier molecular flexibility index (Phi) is 2.67. The lowest BCUT2D eigenvalue weighted by molar-refractivity contribution is 0.591. The smallest absolute Gasteiger partial charge is 0.207 e. The van der Waals surface area contributed by atoms with Gasteiger partial charge in [0, 0.05) is 12.0 Å². The molecule has 7 heteroatoms. The Morgan fingerprint density at radius 1 is 1.05 bits per heavy atom. The first-order valence-corrected chi connectivity index (χ1v) is 8.26. The first-order chi connectivity index (χ1) is 10.6. The summed E-state index contributed by atoms with van der Waals surface area (Å²) in [7, 11) is -3.51. The number of aryl methyl sites for hydroxylation is 1. The van der Waals surface area contributed by atoms with Crippen LogP contribution in [0, 0.1) is 6.92 Å². The fourth-order valence-corrected chi connectivity index (χ4v) is 4.54. The number of H-pyrrole nitrogens is 1. The largest absolute Gasteiger partial charge is 0.239 e. The normalized spacial score (nSPS) is 15.1. The molecule has 3 aromatic rings.